The maximum atomic E-state index is 7.43. The predicted molar refractivity (Wildman–Crippen MR) is 135 cm³/mol. The molecular formula is C29H34O3Si. The van der Waals surface area contributed by atoms with Crippen molar-refractivity contribution >= 4 is 18.7 Å². The van der Waals surface area contributed by atoms with Crippen LogP contribution in [0.15, 0.2) is 91.0 Å². The van der Waals surface area contributed by atoms with E-state index >= 15 is 0 Å². The number of ether oxygens (including phenoxy) is 2. The van der Waals surface area contributed by atoms with Gasteiger partial charge in [-0.2, -0.15) is 0 Å². The predicted octanol–water partition coefficient (Wildman–Crippen LogP) is 4.94. The zero-order valence-electron chi connectivity index (χ0n) is 19.9. The quantitative estimate of drug-likeness (QED) is 0.448. The van der Waals surface area contributed by atoms with Crippen LogP contribution in [0.25, 0.3) is 0 Å². The third-order valence-electron chi connectivity index (χ3n) is 7.35. The maximum Gasteiger partial charge on any atom is 0.261 e. The van der Waals surface area contributed by atoms with Crippen LogP contribution in [0.5, 0.6) is 0 Å². The maximum absolute atomic E-state index is 7.43. The van der Waals surface area contributed by atoms with Crippen LogP contribution in [0.2, 0.25) is 5.04 Å². The lowest BCUT2D eigenvalue weighted by Crippen LogP contribution is -2.68. The second kappa shape index (κ2) is 8.84. The minimum absolute atomic E-state index is 0.0320. The Hall–Kier alpha value is -2.24. The van der Waals surface area contributed by atoms with Crippen molar-refractivity contribution in [3.05, 3.63) is 96.6 Å². The number of benzene rings is 3. The van der Waals surface area contributed by atoms with Crippen molar-refractivity contribution in [1.29, 1.82) is 0 Å². The van der Waals surface area contributed by atoms with Crippen LogP contribution in [-0.2, 0) is 20.5 Å². The monoisotopic (exact) mass is 458 g/mol. The Labute approximate surface area is 198 Å². The molecule has 0 spiro atoms. The molecule has 172 valence electrons. The minimum atomic E-state index is -2.62. The first kappa shape index (κ1) is 22.5. The average molecular weight is 459 g/mol. The van der Waals surface area contributed by atoms with Crippen LogP contribution in [-0.4, -0.2) is 33.7 Å². The lowest BCUT2D eigenvalue weighted by Gasteiger charge is -2.45. The van der Waals surface area contributed by atoms with Gasteiger partial charge in [-0.15, -0.1) is 0 Å². The third-order valence-corrected chi connectivity index (χ3v) is 12.4. The fraction of sp³-hybridized carbons (Fsp3) is 0.379. The molecule has 3 aromatic rings. The molecule has 0 aromatic heterocycles. The standard InChI is InChI=1S/C29H34O3Si/c1-28(2,3)33(24-15-9-5-10-16-24,25-17-11-6-12-18-25)32-27-21-31-26-19-29(26,27)22-30-20-23-13-7-4-8-14-23/h4-18,26-27H,19-22H2,1-3H3. The van der Waals surface area contributed by atoms with Gasteiger partial charge in [0, 0.05) is 5.41 Å². The Balaban J connectivity index is 1.46. The molecule has 3 nitrogen and oxygen atoms in total. The molecule has 1 aliphatic heterocycles. The van der Waals surface area contributed by atoms with E-state index in [-0.39, 0.29) is 22.7 Å². The summed E-state index contributed by atoms with van der Waals surface area (Å²) in [5, 5.41) is 2.58. The van der Waals surface area contributed by atoms with Gasteiger partial charge in [0.05, 0.1) is 32.0 Å². The van der Waals surface area contributed by atoms with Gasteiger partial charge in [0.1, 0.15) is 0 Å². The van der Waals surface area contributed by atoms with E-state index < -0.39 is 8.32 Å². The van der Waals surface area contributed by atoms with Crippen molar-refractivity contribution in [2.45, 2.75) is 51.0 Å². The van der Waals surface area contributed by atoms with E-state index in [1.807, 2.05) is 6.07 Å². The van der Waals surface area contributed by atoms with Crippen LogP contribution in [0, 0.1) is 5.41 Å². The first-order chi connectivity index (χ1) is 16.0. The Morgan fingerprint density at radius 2 is 1.39 bits per heavy atom. The topological polar surface area (TPSA) is 27.7 Å². The molecule has 3 atom stereocenters. The van der Waals surface area contributed by atoms with Crippen molar-refractivity contribution < 1.29 is 13.9 Å². The number of hydrogen-bond donors (Lipinski definition) is 0. The summed E-state index contributed by atoms with van der Waals surface area (Å²) in [6.45, 7) is 8.94. The molecule has 0 bridgehead atoms. The van der Waals surface area contributed by atoms with Crippen LogP contribution in [0.3, 0.4) is 0 Å². The summed E-state index contributed by atoms with van der Waals surface area (Å²) in [5.74, 6) is 0. The highest BCUT2D eigenvalue weighted by molar-refractivity contribution is 6.99. The van der Waals surface area contributed by atoms with Gasteiger partial charge in [-0.25, -0.2) is 0 Å². The molecule has 0 amide bonds. The van der Waals surface area contributed by atoms with Crippen molar-refractivity contribution in [2.75, 3.05) is 13.2 Å². The van der Waals surface area contributed by atoms with Crippen LogP contribution >= 0.6 is 0 Å². The van der Waals surface area contributed by atoms with Crippen molar-refractivity contribution in [1.82, 2.24) is 0 Å². The van der Waals surface area contributed by atoms with Gasteiger partial charge in [-0.3, -0.25) is 0 Å². The minimum Gasteiger partial charge on any atom is -0.401 e. The van der Waals surface area contributed by atoms with E-state index in [0.717, 1.165) is 6.42 Å². The van der Waals surface area contributed by atoms with Crippen molar-refractivity contribution in [3.8, 4) is 0 Å². The van der Waals surface area contributed by atoms with Gasteiger partial charge in [-0.1, -0.05) is 112 Å². The van der Waals surface area contributed by atoms with Gasteiger partial charge < -0.3 is 13.9 Å². The second-order valence-electron chi connectivity index (χ2n) is 10.5. The summed E-state index contributed by atoms with van der Waals surface area (Å²) in [6, 6.07) is 32.1. The summed E-state index contributed by atoms with van der Waals surface area (Å²) in [6.07, 6.45) is 1.30. The summed E-state index contributed by atoms with van der Waals surface area (Å²) in [5.41, 5.74) is 1.16. The molecule has 5 rings (SSSR count). The first-order valence-corrected chi connectivity index (χ1v) is 13.9. The largest absolute Gasteiger partial charge is 0.401 e. The zero-order valence-corrected chi connectivity index (χ0v) is 20.9. The molecule has 1 heterocycles. The highest BCUT2D eigenvalue weighted by Gasteiger charge is 2.67. The lowest BCUT2D eigenvalue weighted by molar-refractivity contribution is 0.0243. The fourth-order valence-corrected chi connectivity index (χ4v) is 10.2. The Bertz CT molecular complexity index is 1010. The molecule has 1 saturated heterocycles. The SMILES string of the molecule is CC(C)(C)[Si](OC1COC2CC21COCc1ccccc1)(c1ccccc1)c1ccccc1. The molecule has 2 fully saturated rings. The molecule has 3 aromatic carbocycles. The van der Waals surface area contributed by atoms with E-state index in [1.54, 1.807) is 0 Å². The number of rotatable bonds is 8. The summed E-state index contributed by atoms with van der Waals surface area (Å²) >= 11 is 0. The zero-order chi connectivity index (χ0) is 22.9. The Morgan fingerprint density at radius 3 is 1.91 bits per heavy atom. The summed E-state index contributed by atoms with van der Waals surface area (Å²) in [4.78, 5) is 0. The molecule has 0 radical (unpaired) electrons. The molecule has 4 heteroatoms. The van der Waals surface area contributed by atoms with E-state index in [1.165, 1.54) is 15.9 Å². The first-order valence-electron chi connectivity index (χ1n) is 12.0. The summed E-state index contributed by atoms with van der Waals surface area (Å²) < 4.78 is 19.9. The van der Waals surface area contributed by atoms with Gasteiger partial charge >= 0.3 is 0 Å². The molecule has 1 aliphatic carbocycles. The lowest BCUT2D eigenvalue weighted by atomic mass is 10.0. The van der Waals surface area contributed by atoms with Gasteiger partial charge in [-0.05, 0) is 27.4 Å². The molecule has 0 N–H and O–H groups in total. The normalized spacial score (nSPS) is 24.5. The Kier molecular flexibility index (Phi) is 6.04. The third kappa shape index (κ3) is 4.10. The summed E-state index contributed by atoms with van der Waals surface area (Å²) in [7, 11) is -2.62. The van der Waals surface area contributed by atoms with E-state index in [0.29, 0.717) is 19.8 Å². The van der Waals surface area contributed by atoms with Crippen LogP contribution in [0.1, 0.15) is 32.8 Å². The van der Waals surface area contributed by atoms with Gasteiger partial charge in [0.15, 0.2) is 0 Å². The van der Waals surface area contributed by atoms with Crippen molar-refractivity contribution in [2.24, 2.45) is 5.41 Å². The molecule has 1 saturated carbocycles. The number of fused-ring (bicyclic) bond motifs is 1. The number of hydrogen-bond acceptors (Lipinski definition) is 3. The molecule has 2 aliphatic rings. The second-order valence-corrected chi connectivity index (χ2v) is 14.8. The fourth-order valence-electron chi connectivity index (χ4n) is 5.45. The van der Waals surface area contributed by atoms with Gasteiger partial charge in [0.2, 0.25) is 0 Å². The van der Waals surface area contributed by atoms with Crippen LogP contribution in [0.4, 0.5) is 0 Å². The highest BCUT2D eigenvalue weighted by atomic mass is 28.4. The Morgan fingerprint density at radius 1 is 0.848 bits per heavy atom. The highest BCUT2D eigenvalue weighted by Crippen LogP contribution is 2.58. The smallest absolute Gasteiger partial charge is 0.261 e. The molecule has 3 unspecified atom stereocenters. The average Bonchev–Trinajstić information content (AvgIpc) is 3.44. The molecular weight excluding hydrogens is 424 g/mol. The molecule has 33 heavy (non-hydrogen) atoms. The van der Waals surface area contributed by atoms with Gasteiger partial charge in [0.25, 0.3) is 8.32 Å². The van der Waals surface area contributed by atoms with Crippen molar-refractivity contribution in [3.63, 3.8) is 0 Å². The van der Waals surface area contributed by atoms with E-state index in [4.69, 9.17) is 13.9 Å². The van der Waals surface area contributed by atoms with E-state index in [2.05, 4.69) is 106 Å². The van der Waals surface area contributed by atoms with Crippen LogP contribution < -0.4 is 10.4 Å². The van der Waals surface area contributed by atoms with E-state index in [9.17, 15) is 0 Å².